The van der Waals surface area contributed by atoms with E-state index in [9.17, 15) is 15.4 Å². The molecule has 3 N–H and O–H groups in total. The van der Waals surface area contributed by atoms with Gasteiger partial charge in [-0.15, -0.1) is 11.6 Å². The lowest BCUT2D eigenvalue weighted by atomic mass is 10.1. The maximum Gasteiger partial charge on any atom is 0.163 e. The zero-order valence-electron chi connectivity index (χ0n) is 18.6. The lowest BCUT2D eigenvalue weighted by Gasteiger charge is -2.30. The summed E-state index contributed by atoms with van der Waals surface area (Å²) in [5.74, 6) is 0.585. The van der Waals surface area contributed by atoms with Gasteiger partial charge in [0, 0.05) is 47.6 Å². The van der Waals surface area contributed by atoms with Gasteiger partial charge in [-0.1, -0.05) is 24.3 Å². The first-order chi connectivity index (χ1) is 16.4. The van der Waals surface area contributed by atoms with Crippen LogP contribution in [0, 0.1) is 5.21 Å². The summed E-state index contributed by atoms with van der Waals surface area (Å²) in [7, 11) is 0. The maximum atomic E-state index is 12.5. The van der Waals surface area contributed by atoms with Crippen LogP contribution in [0.25, 0.3) is 0 Å². The molecule has 0 aliphatic carbocycles. The van der Waals surface area contributed by atoms with Crippen molar-refractivity contribution < 1.29 is 14.9 Å². The number of aliphatic hydroxyl groups is 1. The fourth-order valence-corrected chi connectivity index (χ4v) is 5.23. The Labute approximate surface area is 202 Å². The van der Waals surface area contributed by atoms with Crippen LogP contribution in [-0.4, -0.2) is 35.9 Å². The van der Waals surface area contributed by atoms with Crippen LogP contribution in [0.15, 0.2) is 54.6 Å². The number of anilines is 2. The molecular weight excluding hydrogens is 454 g/mol. The molecule has 3 aromatic carbocycles. The van der Waals surface area contributed by atoms with E-state index in [0.717, 1.165) is 28.9 Å². The molecule has 3 heterocycles. The van der Waals surface area contributed by atoms with Crippen molar-refractivity contribution in [1.82, 2.24) is 4.65 Å². The fraction of sp³-hybridized carbons (Fsp3) is 0.308. The van der Waals surface area contributed by atoms with Crippen molar-refractivity contribution in [1.29, 1.82) is 0 Å². The van der Waals surface area contributed by atoms with E-state index < -0.39 is 6.23 Å². The van der Waals surface area contributed by atoms with Gasteiger partial charge >= 0.3 is 0 Å². The quantitative estimate of drug-likeness (QED) is 0.165. The van der Waals surface area contributed by atoms with E-state index in [2.05, 4.69) is 11.4 Å². The number of aromatic hydroxyl groups is 1. The topological polar surface area (TPSA) is 88.0 Å². The number of nitrogens with one attached hydrogen (secondary N) is 1. The van der Waals surface area contributed by atoms with Crippen molar-refractivity contribution in [2.24, 2.45) is 0 Å². The largest absolute Gasteiger partial charge is 0.627 e. The normalized spacial score (nSPS) is 21.7. The van der Waals surface area contributed by atoms with Gasteiger partial charge in [-0.25, -0.2) is 0 Å². The Hall–Kier alpha value is -2.97. The lowest BCUT2D eigenvalue weighted by molar-refractivity contribution is 0.166. The number of ether oxygens (including phenoxy) is 1. The van der Waals surface area contributed by atoms with Gasteiger partial charge in [-0.2, -0.15) is 0 Å². The Bertz CT molecular complexity index is 1260. The van der Waals surface area contributed by atoms with E-state index in [1.54, 1.807) is 12.1 Å². The van der Waals surface area contributed by atoms with Crippen molar-refractivity contribution in [2.75, 3.05) is 29.9 Å². The third-order valence-electron chi connectivity index (χ3n) is 7.01. The number of hydroxylamine groups is 2. The molecule has 3 aliphatic rings. The molecule has 2 atom stereocenters. The number of quaternary nitrogens is 1. The number of fused-ring (bicyclic) bond motifs is 4. The van der Waals surface area contributed by atoms with Crippen LogP contribution in [0.2, 0.25) is 0 Å². The summed E-state index contributed by atoms with van der Waals surface area (Å²) in [6.07, 6.45) is -0.0335. The lowest BCUT2D eigenvalue weighted by Crippen LogP contribution is -2.37. The van der Waals surface area contributed by atoms with Crippen LogP contribution in [0.5, 0.6) is 11.5 Å². The molecule has 3 aromatic rings. The third kappa shape index (κ3) is 3.65. The average Bonchev–Trinajstić information content (AvgIpc) is 3.52. The van der Waals surface area contributed by atoms with E-state index in [4.69, 9.17) is 16.3 Å². The smallest absolute Gasteiger partial charge is 0.163 e. The number of halogens is 1. The molecule has 8 heteroatoms. The number of alkyl halides is 1. The van der Waals surface area contributed by atoms with Gasteiger partial charge < -0.3 is 35.0 Å². The third-order valence-corrected chi connectivity index (χ3v) is 7.31. The molecule has 1 fully saturated rings. The molecule has 6 rings (SSSR count). The standard InChI is InChI=1S/C26H26ClN3O4/c27-13-16-7-17(9-20(8-16)30(33)5-6-30)15-34-25-12-22-21(11-24(25)31)26(32)29-19(14-28-22)10-18-3-1-2-4-23(18)29/h1-4,7-9,11-12,19,26,28,31-32H,5-6,10,13-15H2. The summed E-state index contributed by atoms with van der Waals surface area (Å²) >= 11 is 6.04. The van der Waals surface area contributed by atoms with Crippen LogP contribution in [-0.2, 0) is 18.9 Å². The van der Waals surface area contributed by atoms with E-state index >= 15 is 0 Å². The first kappa shape index (κ1) is 21.6. The monoisotopic (exact) mass is 479 g/mol. The molecule has 0 spiro atoms. The molecule has 0 bridgehead atoms. The van der Waals surface area contributed by atoms with E-state index in [1.165, 1.54) is 5.56 Å². The first-order valence-electron chi connectivity index (χ1n) is 11.5. The molecule has 1 saturated heterocycles. The molecule has 0 aromatic heterocycles. The highest BCUT2D eigenvalue weighted by Gasteiger charge is 2.38. The average molecular weight is 480 g/mol. The number of phenolic OH excluding ortho intramolecular Hbond substituents is 1. The Balaban J connectivity index is 1.26. The number of phenols is 1. The number of benzene rings is 3. The number of rotatable bonds is 5. The molecule has 0 saturated carbocycles. The SMILES string of the molecule is [O-][N+]1(c2cc(CCl)cc(COc3cc4c(cc3O)C(O)N3c5ccccc5CC3CN4)c2)CC1. The molecule has 0 radical (unpaired) electrons. The van der Waals surface area contributed by atoms with Crippen LogP contribution < -0.4 is 19.6 Å². The molecule has 34 heavy (non-hydrogen) atoms. The second-order valence-electron chi connectivity index (χ2n) is 9.32. The highest BCUT2D eigenvalue weighted by Crippen LogP contribution is 2.44. The number of aliphatic hydroxyl groups excluding tert-OH is 1. The van der Waals surface area contributed by atoms with Gasteiger partial charge in [0.05, 0.1) is 6.04 Å². The van der Waals surface area contributed by atoms with E-state index in [-0.39, 0.29) is 23.0 Å². The van der Waals surface area contributed by atoms with Gasteiger partial charge in [0.2, 0.25) is 0 Å². The van der Waals surface area contributed by atoms with Crippen LogP contribution in [0.1, 0.15) is 28.5 Å². The molecular formula is C26H26ClN3O4. The van der Waals surface area contributed by atoms with Gasteiger partial charge in [-0.3, -0.25) is 0 Å². The van der Waals surface area contributed by atoms with E-state index in [1.807, 2.05) is 41.3 Å². The van der Waals surface area contributed by atoms with Gasteiger partial charge in [0.25, 0.3) is 0 Å². The molecule has 3 aliphatic heterocycles. The predicted molar refractivity (Wildman–Crippen MR) is 133 cm³/mol. The Morgan fingerprint density at radius 3 is 2.71 bits per heavy atom. The maximum absolute atomic E-state index is 12.5. The Morgan fingerprint density at radius 1 is 1.12 bits per heavy atom. The van der Waals surface area contributed by atoms with Gasteiger partial charge in [-0.05, 0) is 35.2 Å². The van der Waals surface area contributed by atoms with Crippen molar-refractivity contribution in [3.8, 4) is 11.5 Å². The molecule has 7 nitrogen and oxygen atoms in total. The Kier molecular flexibility index (Phi) is 5.11. The second-order valence-corrected chi connectivity index (χ2v) is 9.59. The minimum absolute atomic E-state index is 0.0440. The second kappa shape index (κ2) is 8.06. The van der Waals surface area contributed by atoms with Gasteiger partial charge in [0.15, 0.2) is 17.7 Å². The fourth-order valence-electron chi connectivity index (χ4n) is 5.08. The number of hydrogen-bond acceptors (Lipinski definition) is 6. The summed E-state index contributed by atoms with van der Waals surface area (Å²) in [5, 5.41) is 37.9. The number of para-hydroxylation sites is 1. The predicted octanol–water partition coefficient (Wildman–Crippen LogP) is 4.38. The minimum Gasteiger partial charge on any atom is -0.627 e. The van der Waals surface area contributed by atoms with Crippen molar-refractivity contribution in [2.45, 2.75) is 31.2 Å². The highest BCUT2D eigenvalue weighted by atomic mass is 35.5. The summed E-state index contributed by atoms with van der Waals surface area (Å²) in [6.45, 7) is 2.00. The number of nitrogens with zero attached hydrogens (tertiary/aromatic N) is 2. The zero-order valence-corrected chi connectivity index (χ0v) is 19.3. The first-order valence-corrected chi connectivity index (χ1v) is 12.0. The van der Waals surface area contributed by atoms with Crippen LogP contribution in [0.4, 0.5) is 17.1 Å². The molecule has 0 amide bonds. The van der Waals surface area contributed by atoms with Crippen molar-refractivity contribution in [3.05, 3.63) is 82.1 Å². The summed E-state index contributed by atoms with van der Waals surface area (Å²) in [4.78, 5) is 2.02. The number of hydrogen-bond donors (Lipinski definition) is 3. The van der Waals surface area contributed by atoms with Crippen LogP contribution in [0.3, 0.4) is 0 Å². The Morgan fingerprint density at radius 2 is 1.91 bits per heavy atom. The summed E-state index contributed by atoms with van der Waals surface area (Å²) in [5.41, 5.74) is 5.96. The summed E-state index contributed by atoms with van der Waals surface area (Å²) in [6, 6.07) is 17.1. The van der Waals surface area contributed by atoms with Gasteiger partial charge in [0.1, 0.15) is 25.4 Å². The van der Waals surface area contributed by atoms with Crippen LogP contribution >= 0.6 is 11.6 Å². The highest BCUT2D eigenvalue weighted by molar-refractivity contribution is 6.17. The summed E-state index contributed by atoms with van der Waals surface area (Å²) < 4.78 is 5.64. The van der Waals surface area contributed by atoms with Crippen molar-refractivity contribution in [3.63, 3.8) is 0 Å². The minimum atomic E-state index is -0.883. The zero-order chi connectivity index (χ0) is 23.4. The molecule has 176 valence electrons. The van der Waals surface area contributed by atoms with E-state index in [0.29, 0.717) is 42.5 Å². The molecule has 2 unspecified atom stereocenters. The van der Waals surface area contributed by atoms with Crippen molar-refractivity contribution >= 4 is 28.7 Å².